The fourth-order valence-corrected chi connectivity index (χ4v) is 1.99. The van der Waals surface area contributed by atoms with Crippen LogP contribution in [0, 0.1) is 12.3 Å². The van der Waals surface area contributed by atoms with Gasteiger partial charge in [-0.1, -0.05) is 45.5 Å². The van der Waals surface area contributed by atoms with E-state index in [1.807, 2.05) is 0 Å². The van der Waals surface area contributed by atoms with Gasteiger partial charge in [0.2, 0.25) is 0 Å². The largest absolute Gasteiger partial charge is 0.105 e. The van der Waals surface area contributed by atoms with Crippen LogP contribution in [0.1, 0.15) is 31.9 Å². The van der Waals surface area contributed by atoms with Gasteiger partial charge >= 0.3 is 0 Å². The van der Waals surface area contributed by atoms with E-state index in [-0.39, 0.29) is 5.41 Å². The van der Waals surface area contributed by atoms with Gasteiger partial charge in [-0.05, 0) is 34.3 Å². The Morgan fingerprint density at radius 2 is 1.86 bits per heavy atom. The molecule has 0 amide bonds. The third-order valence-corrected chi connectivity index (χ3v) is 2.99. The Morgan fingerprint density at radius 3 is 2.29 bits per heavy atom. The van der Waals surface area contributed by atoms with E-state index in [1.165, 1.54) is 22.0 Å². The smallest absolute Gasteiger partial charge is 0.0124 e. The summed E-state index contributed by atoms with van der Waals surface area (Å²) in [4.78, 5) is 0. The summed E-state index contributed by atoms with van der Waals surface area (Å²) in [5.74, 6) is 0. The van der Waals surface area contributed by atoms with E-state index in [2.05, 4.69) is 61.7 Å². The lowest BCUT2D eigenvalue weighted by Crippen LogP contribution is -2.13. The first-order valence-electron chi connectivity index (χ1n) is 4.89. The fourth-order valence-electron chi connectivity index (χ4n) is 1.48. The first-order chi connectivity index (χ1) is 6.34. The molecule has 1 unspecified atom stereocenters. The summed E-state index contributed by atoms with van der Waals surface area (Å²) >= 11 is 0. The van der Waals surface area contributed by atoms with Crippen molar-refractivity contribution in [2.45, 2.75) is 27.7 Å². The summed E-state index contributed by atoms with van der Waals surface area (Å²) in [7, 11) is 2.79. The average Bonchev–Trinajstić information content (AvgIpc) is 2.01. The molecule has 0 saturated carbocycles. The highest BCUT2D eigenvalue weighted by molar-refractivity contribution is 7.27. The van der Waals surface area contributed by atoms with Gasteiger partial charge < -0.3 is 0 Å². The molecule has 0 spiro atoms. The predicted octanol–water partition coefficient (Wildman–Crippen LogP) is 3.55. The first kappa shape index (κ1) is 11.5. The second-order valence-corrected chi connectivity index (χ2v) is 5.39. The molecule has 0 aliphatic heterocycles. The first-order valence-corrected chi connectivity index (χ1v) is 5.46. The molecule has 1 aromatic rings. The molecule has 0 heterocycles. The molecule has 0 aliphatic rings. The van der Waals surface area contributed by atoms with E-state index >= 15 is 0 Å². The van der Waals surface area contributed by atoms with Crippen LogP contribution in [0.5, 0.6) is 0 Å². The van der Waals surface area contributed by atoms with Crippen LogP contribution in [-0.2, 0) is 0 Å². The van der Waals surface area contributed by atoms with Crippen LogP contribution >= 0.6 is 9.24 Å². The molecule has 1 atom stereocenters. The zero-order valence-corrected chi connectivity index (χ0v) is 10.7. The van der Waals surface area contributed by atoms with Crippen LogP contribution in [0.2, 0.25) is 0 Å². The average molecular weight is 206 g/mol. The lowest BCUT2D eigenvalue weighted by Gasteiger charge is -2.24. The molecule has 14 heavy (non-hydrogen) atoms. The number of hydrogen-bond donors (Lipinski definition) is 0. The van der Waals surface area contributed by atoms with Crippen molar-refractivity contribution in [2.24, 2.45) is 5.41 Å². The Kier molecular flexibility index (Phi) is 3.17. The second-order valence-electron chi connectivity index (χ2n) is 4.77. The maximum atomic E-state index is 4.20. The van der Waals surface area contributed by atoms with Gasteiger partial charge in [0.15, 0.2) is 0 Å². The zero-order valence-electron chi connectivity index (χ0n) is 9.52. The summed E-state index contributed by atoms with van der Waals surface area (Å²) in [5.41, 5.74) is 3.94. The summed E-state index contributed by atoms with van der Waals surface area (Å²) < 4.78 is 0. The van der Waals surface area contributed by atoms with Crippen LogP contribution in [-0.4, -0.2) is 0 Å². The van der Waals surface area contributed by atoms with E-state index in [0.717, 1.165) is 0 Å². The van der Waals surface area contributed by atoms with Crippen molar-refractivity contribution in [3.05, 3.63) is 35.9 Å². The quantitative estimate of drug-likeness (QED) is 0.616. The molecule has 0 radical (unpaired) electrons. The molecule has 0 fully saturated rings. The summed E-state index contributed by atoms with van der Waals surface area (Å²) in [5, 5.41) is 1.24. The number of aryl methyl sites for hydroxylation is 1. The van der Waals surface area contributed by atoms with Gasteiger partial charge in [-0.15, -0.1) is 9.24 Å². The van der Waals surface area contributed by atoms with Gasteiger partial charge in [-0.3, -0.25) is 0 Å². The SMILES string of the molecule is C=C(c1c(C)cccc1P)C(C)(C)C. The Bertz CT molecular complexity index is 336. The highest BCUT2D eigenvalue weighted by Crippen LogP contribution is 2.33. The van der Waals surface area contributed by atoms with Gasteiger partial charge in [-0.25, -0.2) is 0 Å². The van der Waals surface area contributed by atoms with Gasteiger partial charge in [0.25, 0.3) is 0 Å². The van der Waals surface area contributed by atoms with E-state index in [0.29, 0.717) is 0 Å². The van der Waals surface area contributed by atoms with Crippen molar-refractivity contribution < 1.29 is 0 Å². The standard InChI is InChI=1S/C13H19P/c1-9-7-6-8-11(14)12(9)10(2)13(3,4)5/h6-8H,2,14H2,1,3-5H3. The van der Waals surface area contributed by atoms with Gasteiger partial charge in [-0.2, -0.15) is 0 Å². The summed E-state index contributed by atoms with van der Waals surface area (Å²) in [6.07, 6.45) is 0. The van der Waals surface area contributed by atoms with Crippen molar-refractivity contribution in [2.75, 3.05) is 0 Å². The Labute approximate surface area is 89.6 Å². The number of benzene rings is 1. The van der Waals surface area contributed by atoms with Crippen molar-refractivity contribution in [3.8, 4) is 0 Å². The molecule has 0 aromatic heterocycles. The van der Waals surface area contributed by atoms with Crippen molar-refractivity contribution in [3.63, 3.8) is 0 Å². The Balaban J connectivity index is 3.26. The lowest BCUT2D eigenvalue weighted by molar-refractivity contribution is 0.568. The predicted molar refractivity (Wildman–Crippen MR) is 69.0 cm³/mol. The second kappa shape index (κ2) is 3.87. The summed E-state index contributed by atoms with van der Waals surface area (Å²) in [6.45, 7) is 12.9. The molecule has 1 heteroatoms. The lowest BCUT2D eigenvalue weighted by atomic mass is 9.82. The maximum absolute atomic E-state index is 4.20. The van der Waals surface area contributed by atoms with Crippen molar-refractivity contribution >= 4 is 20.1 Å². The topological polar surface area (TPSA) is 0 Å². The van der Waals surface area contributed by atoms with Crippen LogP contribution in [0.3, 0.4) is 0 Å². The molecule has 0 saturated heterocycles. The molecular formula is C13H19P. The minimum atomic E-state index is 0.136. The highest BCUT2D eigenvalue weighted by Gasteiger charge is 2.19. The minimum Gasteiger partial charge on any atom is -0.105 e. The molecule has 0 bridgehead atoms. The van der Waals surface area contributed by atoms with E-state index in [1.54, 1.807) is 0 Å². The molecule has 0 aliphatic carbocycles. The van der Waals surface area contributed by atoms with E-state index in [9.17, 15) is 0 Å². The van der Waals surface area contributed by atoms with E-state index in [4.69, 9.17) is 0 Å². The molecule has 1 aromatic carbocycles. The highest BCUT2D eigenvalue weighted by atomic mass is 31.0. The maximum Gasteiger partial charge on any atom is -0.0124 e. The van der Waals surface area contributed by atoms with E-state index < -0.39 is 0 Å². The summed E-state index contributed by atoms with van der Waals surface area (Å²) in [6, 6.07) is 6.33. The van der Waals surface area contributed by atoms with Crippen molar-refractivity contribution in [1.82, 2.24) is 0 Å². The third kappa shape index (κ3) is 2.25. The van der Waals surface area contributed by atoms with Gasteiger partial charge in [0, 0.05) is 0 Å². The fraction of sp³-hybridized carbons (Fsp3) is 0.385. The van der Waals surface area contributed by atoms with Crippen LogP contribution < -0.4 is 5.30 Å². The van der Waals surface area contributed by atoms with Crippen LogP contribution in [0.15, 0.2) is 24.8 Å². The van der Waals surface area contributed by atoms with Crippen LogP contribution in [0.4, 0.5) is 0 Å². The zero-order chi connectivity index (χ0) is 10.9. The Hall–Kier alpha value is -0.610. The molecule has 76 valence electrons. The van der Waals surface area contributed by atoms with Crippen LogP contribution in [0.25, 0.3) is 5.57 Å². The monoisotopic (exact) mass is 206 g/mol. The number of allylic oxidation sites excluding steroid dienone is 1. The molecule has 1 rings (SSSR count). The molecule has 0 N–H and O–H groups in total. The number of rotatable bonds is 1. The van der Waals surface area contributed by atoms with Gasteiger partial charge in [0.05, 0.1) is 0 Å². The van der Waals surface area contributed by atoms with Gasteiger partial charge in [0.1, 0.15) is 0 Å². The molecule has 0 nitrogen and oxygen atoms in total. The third-order valence-electron chi connectivity index (χ3n) is 2.51. The minimum absolute atomic E-state index is 0.136. The number of hydrogen-bond acceptors (Lipinski definition) is 0. The normalized spacial score (nSPS) is 11.5. The Morgan fingerprint density at radius 1 is 1.29 bits per heavy atom. The molecular weight excluding hydrogens is 187 g/mol. The van der Waals surface area contributed by atoms with Crippen molar-refractivity contribution in [1.29, 1.82) is 0 Å².